The molecule has 1 aromatic heterocycles. The van der Waals surface area contributed by atoms with Crippen LogP contribution in [0.15, 0.2) is 46.3 Å². The third-order valence-corrected chi connectivity index (χ3v) is 4.15. The second-order valence-corrected chi connectivity index (χ2v) is 5.66. The molecule has 3 nitrogen and oxygen atoms in total. The lowest BCUT2D eigenvalue weighted by atomic mass is 10.2. The van der Waals surface area contributed by atoms with Gasteiger partial charge in [0.1, 0.15) is 0 Å². The molecule has 100 valence electrons. The molecule has 2 rings (SSSR count). The fraction of sp³-hybridized carbons (Fsp3) is 0.214. The molecule has 1 heterocycles. The second kappa shape index (κ2) is 6.73. The van der Waals surface area contributed by atoms with Crippen LogP contribution < -0.4 is 5.32 Å². The van der Waals surface area contributed by atoms with Gasteiger partial charge in [-0.05, 0) is 46.4 Å². The van der Waals surface area contributed by atoms with E-state index in [2.05, 4.69) is 21.2 Å². The van der Waals surface area contributed by atoms with Crippen molar-refractivity contribution in [2.45, 2.75) is 13.0 Å². The lowest BCUT2D eigenvalue weighted by molar-refractivity contribution is -0.144. The van der Waals surface area contributed by atoms with Gasteiger partial charge < -0.3 is 10.1 Å². The second-order valence-electron chi connectivity index (χ2n) is 3.82. The summed E-state index contributed by atoms with van der Waals surface area (Å²) in [5, 5.41) is 5.17. The summed E-state index contributed by atoms with van der Waals surface area (Å²) in [6.07, 6.45) is 0. The zero-order chi connectivity index (χ0) is 13.7. The standard InChI is InChI=1S/C14H14BrNO2S/c1-2-18-14(17)13(12-8-5-9-19-12)16-11-7-4-3-6-10(11)15/h3-9,13,16H,2H2,1H3. The first-order valence-corrected chi connectivity index (χ1v) is 7.60. The Labute approximate surface area is 124 Å². The quantitative estimate of drug-likeness (QED) is 0.828. The van der Waals surface area contributed by atoms with Crippen LogP contribution in [0, 0.1) is 0 Å². The molecule has 0 aliphatic rings. The Morgan fingerprint density at radius 3 is 2.79 bits per heavy atom. The predicted octanol–water partition coefficient (Wildman–Crippen LogP) is 4.23. The molecule has 0 aliphatic heterocycles. The molecule has 0 fully saturated rings. The number of thiophene rings is 1. The van der Waals surface area contributed by atoms with E-state index >= 15 is 0 Å². The summed E-state index contributed by atoms with van der Waals surface area (Å²) in [5.74, 6) is -0.263. The highest BCUT2D eigenvalue weighted by Gasteiger charge is 2.23. The molecule has 1 aromatic carbocycles. The molecule has 1 atom stereocenters. The van der Waals surface area contributed by atoms with Gasteiger partial charge in [-0.25, -0.2) is 4.79 Å². The Kier molecular flexibility index (Phi) is 4.99. The number of para-hydroxylation sites is 1. The van der Waals surface area contributed by atoms with E-state index in [1.54, 1.807) is 0 Å². The van der Waals surface area contributed by atoms with E-state index in [1.165, 1.54) is 11.3 Å². The Morgan fingerprint density at radius 2 is 2.16 bits per heavy atom. The summed E-state index contributed by atoms with van der Waals surface area (Å²) < 4.78 is 6.05. The summed E-state index contributed by atoms with van der Waals surface area (Å²) in [4.78, 5) is 13.0. The Bertz CT molecular complexity index is 542. The smallest absolute Gasteiger partial charge is 0.334 e. The van der Waals surface area contributed by atoms with Crippen LogP contribution in [0.3, 0.4) is 0 Å². The molecule has 0 radical (unpaired) electrons. The highest BCUT2D eigenvalue weighted by molar-refractivity contribution is 9.10. The molecule has 1 unspecified atom stereocenters. The van der Waals surface area contributed by atoms with Crippen LogP contribution in [0.25, 0.3) is 0 Å². The predicted molar refractivity (Wildman–Crippen MR) is 81.5 cm³/mol. The minimum Gasteiger partial charge on any atom is -0.464 e. The number of hydrogen-bond donors (Lipinski definition) is 1. The number of ether oxygens (including phenoxy) is 1. The van der Waals surface area contributed by atoms with Gasteiger partial charge in [-0.2, -0.15) is 0 Å². The van der Waals surface area contributed by atoms with Gasteiger partial charge in [-0.15, -0.1) is 11.3 Å². The summed E-state index contributed by atoms with van der Waals surface area (Å²) >= 11 is 5.00. The SMILES string of the molecule is CCOC(=O)C(Nc1ccccc1Br)c1cccs1. The minimum atomic E-state index is -0.473. The molecule has 0 amide bonds. The maximum atomic E-state index is 12.1. The van der Waals surface area contributed by atoms with Crippen molar-refractivity contribution in [3.05, 3.63) is 51.1 Å². The van der Waals surface area contributed by atoms with Crippen molar-refractivity contribution in [2.24, 2.45) is 0 Å². The number of rotatable bonds is 5. The molecule has 0 saturated carbocycles. The monoisotopic (exact) mass is 339 g/mol. The van der Waals surface area contributed by atoms with Gasteiger partial charge in [0.15, 0.2) is 6.04 Å². The maximum Gasteiger partial charge on any atom is 0.334 e. The van der Waals surface area contributed by atoms with Crippen LogP contribution in [-0.4, -0.2) is 12.6 Å². The fourth-order valence-electron chi connectivity index (χ4n) is 1.66. The topological polar surface area (TPSA) is 38.3 Å². The van der Waals surface area contributed by atoms with Crippen molar-refractivity contribution >= 4 is 38.9 Å². The number of hydrogen-bond acceptors (Lipinski definition) is 4. The molecule has 0 spiro atoms. The lowest BCUT2D eigenvalue weighted by Gasteiger charge is -2.18. The largest absolute Gasteiger partial charge is 0.464 e. The van der Waals surface area contributed by atoms with E-state index in [1.807, 2.05) is 48.7 Å². The van der Waals surface area contributed by atoms with E-state index < -0.39 is 6.04 Å². The normalized spacial score (nSPS) is 11.9. The molecule has 0 bridgehead atoms. The first-order valence-electron chi connectivity index (χ1n) is 5.93. The van der Waals surface area contributed by atoms with Crippen molar-refractivity contribution in [1.29, 1.82) is 0 Å². The molecule has 5 heteroatoms. The number of benzene rings is 1. The molecular formula is C14H14BrNO2S. The average Bonchev–Trinajstić information content (AvgIpc) is 2.91. The van der Waals surface area contributed by atoms with Crippen molar-refractivity contribution in [1.82, 2.24) is 0 Å². The van der Waals surface area contributed by atoms with Crippen LogP contribution in [0.5, 0.6) is 0 Å². The van der Waals surface area contributed by atoms with Gasteiger partial charge >= 0.3 is 5.97 Å². The Morgan fingerprint density at radius 1 is 1.37 bits per heavy atom. The highest BCUT2D eigenvalue weighted by Crippen LogP contribution is 2.29. The number of anilines is 1. The Hall–Kier alpha value is -1.33. The van der Waals surface area contributed by atoms with Crippen molar-refractivity contribution in [3.63, 3.8) is 0 Å². The van der Waals surface area contributed by atoms with E-state index in [-0.39, 0.29) is 5.97 Å². The van der Waals surface area contributed by atoms with Gasteiger partial charge in [0.2, 0.25) is 0 Å². The highest BCUT2D eigenvalue weighted by atomic mass is 79.9. The molecular weight excluding hydrogens is 326 g/mol. The first kappa shape index (κ1) is 14.1. The third-order valence-electron chi connectivity index (χ3n) is 2.52. The minimum absolute atomic E-state index is 0.263. The van der Waals surface area contributed by atoms with Crippen LogP contribution in [0.4, 0.5) is 5.69 Å². The van der Waals surface area contributed by atoms with Crippen LogP contribution in [0.1, 0.15) is 17.8 Å². The number of halogens is 1. The van der Waals surface area contributed by atoms with E-state index in [0.717, 1.165) is 15.0 Å². The zero-order valence-corrected chi connectivity index (χ0v) is 12.8. The fourth-order valence-corrected chi connectivity index (χ4v) is 2.82. The molecule has 0 saturated heterocycles. The first-order chi connectivity index (χ1) is 9.22. The van der Waals surface area contributed by atoms with Crippen LogP contribution >= 0.6 is 27.3 Å². The molecule has 2 aromatic rings. The van der Waals surface area contributed by atoms with E-state index in [0.29, 0.717) is 6.61 Å². The number of nitrogens with one attached hydrogen (secondary N) is 1. The Balaban J connectivity index is 2.24. The summed E-state index contributed by atoms with van der Waals surface area (Å²) in [6, 6.07) is 11.1. The van der Waals surface area contributed by atoms with Crippen molar-refractivity contribution in [3.8, 4) is 0 Å². The van der Waals surface area contributed by atoms with Gasteiger partial charge in [0.25, 0.3) is 0 Å². The average molecular weight is 340 g/mol. The summed E-state index contributed by atoms with van der Waals surface area (Å²) in [6.45, 7) is 2.18. The number of carbonyl (C=O) groups is 1. The summed E-state index contributed by atoms with van der Waals surface area (Å²) in [7, 11) is 0. The molecule has 19 heavy (non-hydrogen) atoms. The maximum absolute atomic E-state index is 12.1. The van der Waals surface area contributed by atoms with Crippen LogP contribution in [0.2, 0.25) is 0 Å². The van der Waals surface area contributed by atoms with Crippen molar-refractivity contribution in [2.75, 3.05) is 11.9 Å². The van der Waals surface area contributed by atoms with Crippen LogP contribution in [-0.2, 0) is 9.53 Å². The number of esters is 1. The summed E-state index contributed by atoms with van der Waals surface area (Å²) in [5.41, 5.74) is 0.869. The van der Waals surface area contributed by atoms with Gasteiger partial charge in [0.05, 0.1) is 6.61 Å². The number of carbonyl (C=O) groups excluding carboxylic acids is 1. The van der Waals surface area contributed by atoms with E-state index in [9.17, 15) is 4.79 Å². The third kappa shape index (κ3) is 3.58. The molecule has 1 N–H and O–H groups in total. The van der Waals surface area contributed by atoms with Gasteiger partial charge in [-0.3, -0.25) is 0 Å². The van der Waals surface area contributed by atoms with Crippen molar-refractivity contribution < 1.29 is 9.53 Å². The van der Waals surface area contributed by atoms with Gasteiger partial charge in [0, 0.05) is 15.0 Å². The molecule has 0 aliphatic carbocycles. The van der Waals surface area contributed by atoms with E-state index in [4.69, 9.17) is 4.74 Å². The zero-order valence-electron chi connectivity index (χ0n) is 10.4. The van der Waals surface area contributed by atoms with Gasteiger partial charge in [-0.1, -0.05) is 18.2 Å². The lowest BCUT2D eigenvalue weighted by Crippen LogP contribution is -2.22.